The third-order valence-corrected chi connectivity index (χ3v) is 4.24. The number of fused-ring (bicyclic) bond motifs is 1. The van der Waals surface area contributed by atoms with Crippen molar-refractivity contribution < 1.29 is 4.92 Å². The summed E-state index contributed by atoms with van der Waals surface area (Å²) in [6.45, 7) is 1.93. The molecule has 0 spiro atoms. The van der Waals surface area contributed by atoms with E-state index in [1.807, 2.05) is 0 Å². The van der Waals surface area contributed by atoms with Crippen molar-refractivity contribution in [2.75, 3.05) is 18.4 Å². The van der Waals surface area contributed by atoms with E-state index in [2.05, 4.69) is 15.6 Å². The standard InChI is InChI=1S/C12H14N4O2S/c17-16(18)9-3-4-11-10(6-9)15-12(19-11)14-7-8-2-1-5-13-8/h3-4,6,8,13H,1-2,5,7H2,(H,14,15). The van der Waals surface area contributed by atoms with Gasteiger partial charge in [0.1, 0.15) is 0 Å². The summed E-state index contributed by atoms with van der Waals surface area (Å²) < 4.78 is 0.965. The number of nitro benzene ring substituents is 1. The first-order chi connectivity index (χ1) is 9.22. The monoisotopic (exact) mass is 278 g/mol. The number of benzene rings is 1. The fourth-order valence-electron chi connectivity index (χ4n) is 2.25. The van der Waals surface area contributed by atoms with Crippen molar-refractivity contribution in [1.82, 2.24) is 10.3 Å². The van der Waals surface area contributed by atoms with Crippen LogP contribution in [0.3, 0.4) is 0 Å². The molecule has 0 amide bonds. The molecule has 1 aliphatic heterocycles. The molecule has 7 heteroatoms. The number of hydrogen-bond acceptors (Lipinski definition) is 6. The molecule has 0 aliphatic carbocycles. The second-order valence-corrected chi connectivity index (χ2v) is 5.63. The van der Waals surface area contributed by atoms with Crippen LogP contribution < -0.4 is 10.6 Å². The largest absolute Gasteiger partial charge is 0.360 e. The molecule has 0 saturated carbocycles. The predicted octanol–water partition coefficient (Wildman–Crippen LogP) is 2.37. The van der Waals surface area contributed by atoms with Crippen LogP contribution in [0.1, 0.15) is 12.8 Å². The normalized spacial score (nSPS) is 18.8. The number of nitrogens with one attached hydrogen (secondary N) is 2. The lowest BCUT2D eigenvalue weighted by Gasteiger charge is -2.09. The summed E-state index contributed by atoms with van der Waals surface area (Å²) in [6, 6.07) is 5.29. The van der Waals surface area contributed by atoms with Gasteiger partial charge < -0.3 is 10.6 Å². The summed E-state index contributed by atoms with van der Waals surface area (Å²) >= 11 is 1.53. The maximum absolute atomic E-state index is 10.7. The number of nitro groups is 1. The average Bonchev–Trinajstić information content (AvgIpc) is 3.04. The highest BCUT2D eigenvalue weighted by molar-refractivity contribution is 7.22. The first kappa shape index (κ1) is 12.3. The van der Waals surface area contributed by atoms with Crippen molar-refractivity contribution in [2.45, 2.75) is 18.9 Å². The van der Waals surface area contributed by atoms with Gasteiger partial charge in [0, 0.05) is 24.7 Å². The molecule has 1 aliphatic rings. The Hall–Kier alpha value is -1.73. The Morgan fingerprint density at radius 2 is 2.47 bits per heavy atom. The summed E-state index contributed by atoms with van der Waals surface area (Å²) in [5.41, 5.74) is 0.767. The zero-order valence-electron chi connectivity index (χ0n) is 10.3. The van der Waals surface area contributed by atoms with Crippen LogP contribution in [0.5, 0.6) is 0 Å². The number of anilines is 1. The van der Waals surface area contributed by atoms with Crippen molar-refractivity contribution in [3.63, 3.8) is 0 Å². The minimum absolute atomic E-state index is 0.0850. The maximum atomic E-state index is 10.7. The van der Waals surface area contributed by atoms with E-state index < -0.39 is 4.92 Å². The fourth-order valence-corrected chi connectivity index (χ4v) is 3.10. The van der Waals surface area contributed by atoms with Gasteiger partial charge in [0.15, 0.2) is 5.13 Å². The van der Waals surface area contributed by atoms with Crippen LogP contribution in [0.25, 0.3) is 10.2 Å². The number of aromatic nitrogens is 1. The molecule has 2 heterocycles. The van der Waals surface area contributed by atoms with Gasteiger partial charge in [-0.05, 0) is 25.5 Å². The van der Waals surface area contributed by atoms with E-state index >= 15 is 0 Å². The van der Waals surface area contributed by atoms with Crippen LogP contribution in [-0.4, -0.2) is 29.0 Å². The summed E-state index contributed by atoms with van der Waals surface area (Å²) in [6.07, 6.45) is 2.40. The molecule has 1 aromatic carbocycles. The predicted molar refractivity (Wildman–Crippen MR) is 75.8 cm³/mol. The minimum atomic E-state index is -0.395. The van der Waals surface area contributed by atoms with Crippen LogP contribution in [0.2, 0.25) is 0 Å². The quantitative estimate of drug-likeness (QED) is 0.663. The molecular formula is C12H14N4O2S. The highest BCUT2D eigenvalue weighted by Crippen LogP contribution is 2.28. The molecule has 100 valence electrons. The van der Waals surface area contributed by atoms with Crippen LogP contribution in [-0.2, 0) is 0 Å². The molecule has 3 rings (SSSR count). The summed E-state index contributed by atoms with van der Waals surface area (Å²) in [7, 11) is 0. The Bertz CT molecular complexity index is 607. The first-order valence-corrected chi connectivity index (χ1v) is 7.06. The second-order valence-electron chi connectivity index (χ2n) is 4.60. The highest BCUT2D eigenvalue weighted by atomic mass is 32.1. The number of thiazole rings is 1. The van der Waals surface area contributed by atoms with Gasteiger partial charge in [0.25, 0.3) is 5.69 Å². The molecule has 1 aromatic heterocycles. The van der Waals surface area contributed by atoms with E-state index in [0.717, 1.165) is 22.9 Å². The Morgan fingerprint density at radius 3 is 3.21 bits per heavy atom. The molecule has 2 aromatic rings. The molecule has 1 saturated heterocycles. The maximum Gasteiger partial charge on any atom is 0.271 e. The van der Waals surface area contributed by atoms with Gasteiger partial charge in [0.05, 0.1) is 15.1 Å². The zero-order valence-corrected chi connectivity index (χ0v) is 11.1. The van der Waals surface area contributed by atoms with Crippen LogP contribution in [0.4, 0.5) is 10.8 Å². The molecule has 19 heavy (non-hydrogen) atoms. The van der Waals surface area contributed by atoms with Gasteiger partial charge >= 0.3 is 0 Å². The number of nitrogens with zero attached hydrogens (tertiary/aromatic N) is 2. The van der Waals surface area contributed by atoms with E-state index in [-0.39, 0.29) is 5.69 Å². The van der Waals surface area contributed by atoms with Crippen molar-refractivity contribution in [1.29, 1.82) is 0 Å². The average molecular weight is 278 g/mol. The number of rotatable bonds is 4. The molecule has 0 radical (unpaired) electrons. The SMILES string of the molecule is O=[N+]([O-])c1ccc2sc(NCC3CCCN3)nc2c1. The van der Waals surface area contributed by atoms with Crippen LogP contribution in [0.15, 0.2) is 18.2 Å². The second kappa shape index (κ2) is 5.10. The molecule has 1 fully saturated rings. The van der Waals surface area contributed by atoms with E-state index in [1.54, 1.807) is 6.07 Å². The van der Waals surface area contributed by atoms with E-state index in [4.69, 9.17) is 0 Å². The lowest BCUT2D eigenvalue weighted by molar-refractivity contribution is -0.384. The summed E-state index contributed by atoms with van der Waals surface area (Å²) in [4.78, 5) is 14.7. The fraction of sp³-hybridized carbons (Fsp3) is 0.417. The van der Waals surface area contributed by atoms with Gasteiger partial charge in [-0.25, -0.2) is 4.98 Å². The van der Waals surface area contributed by atoms with Crippen molar-refractivity contribution in [3.05, 3.63) is 28.3 Å². The smallest absolute Gasteiger partial charge is 0.271 e. The van der Waals surface area contributed by atoms with Crippen LogP contribution >= 0.6 is 11.3 Å². The Morgan fingerprint density at radius 1 is 1.58 bits per heavy atom. The topological polar surface area (TPSA) is 80.1 Å². The minimum Gasteiger partial charge on any atom is -0.360 e. The number of non-ortho nitro benzene ring substituents is 1. The summed E-state index contributed by atoms with van der Waals surface area (Å²) in [5.74, 6) is 0. The lowest BCUT2D eigenvalue weighted by atomic mass is 10.2. The zero-order chi connectivity index (χ0) is 13.2. The van der Waals surface area contributed by atoms with E-state index in [0.29, 0.717) is 11.6 Å². The molecule has 0 bridgehead atoms. The van der Waals surface area contributed by atoms with Crippen molar-refractivity contribution in [3.8, 4) is 0 Å². The van der Waals surface area contributed by atoms with E-state index in [1.165, 1.54) is 36.3 Å². The van der Waals surface area contributed by atoms with Gasteiger partial charge in [-0.1, -0.05) is 11.3 Å². The summed E-state index contributed by atoms with van der Waals surface area (Å²) in [5, 5.41) is 18.2. The van der Waals surface area contributed by atoms with Gasteiger partial charge in [-0.2, -0.15) is 0 Å². The lowest BCUT2D eigenvalue weighted by Crippen LogP contribution is -2.29. The molecule has 6 nitrogen and oxygen atoms in total. The first-order valence-electron chi connectivity index (χ1n) is 6.24. The Labute approximate surface area is 114 Å². The van der Waals surface area contributed by atoms with Gasteiger partial charge in [-0.3, -0.25) is 10.1 Å². The molecule has 1 unspecified atom stereocenters. The number of hydrogen-bond donors (Lipinski definition) is 2. The molecule has 2 N–H and O–H groups in total. The third kappa shape index (κ3) is 2.66. The van der Waals surface area contributed by atoms with Crippen molar-refractivity contribution in [2.24, 2.45) is 0 Å². The van der Waals surface area contributed by atoms with Gasteiger partial charge in [0.2, 0.25) is 0 Å². The Kier molecular flexibility index (Phi) is 3.31. The third-order valence-electron chi connectivity index (χ3n) is 3.24. The van der Waals surface area contributed by atoms with Gasteiger partial charge in [-0.15, -0.1) is 0 Å². The Balaban J connectivity index is 1.75. The molecular weight excluding hydrogens is 264 g/mol. The molecule has 1 atom stereocenters. The van der Waals surface area contributed by atoms with E-state index in [9.17, 15) is 10.1 Å². The van der Waals surface area contributed by atoms with Crippen molar-refractivity contribution >= 4 is 32.4 Å². The van der Waals surface area contributed by atoms with Crippen LogP contribution in [0, 0.1) is 10.1 Å². The highest BCUT2D eigenvalue weighted by Gasteiger charge is 2.15.